The summed E-state index contributed by atoms with van der Waals surface area (Å²) in [5.74, 6) is 1.85. The summed E-state index contributed by atoms with van der Waals surface area (Å²) in [6.07, 6.45) is 10.6. The first-order valence-electron chi connectivity index (χ1n) is 9.14. The molecule has 6 heteroatoms. The molecule has 1 saturated carbocycles. The molecule has 0 spiro atoms. The molecule has 1 aromatic carbocycles. The molecular weight excluding hydrogens is 346 g/mol. The molecule has 0 atom stereocenters. The van der Waals surface area contributed by atoms with Crippen molar-refractivity contribution in [2.24, 2.45) is 5.92 Å². The minimum atomic E-state index is -3.18. The maximum atomic E-state index is 11.6. The number of rotatable bonds is 5. The number of hydrogen-bond acceptors (Lipinski definition) is 4. The number of hydrogen-bond donors (Lipinski definition) is 1. The van der Waals surface area contributed by atoms with Crippen LogP contribution in [-0.4, -0.2) is 29.6 Å². The Kier molecular flexibility index (Phi) is 4.53. The van der Waals surface area contributed by atoms with Gasteiger partial charge in [-0.2, -0.15) is 0 Å². The molecule has 3 aromatic rings. The number of fused-ring (bicyclic) bond motifs is 1. The number of pyridine rings is 1. The lowest BCUT2D eigenvalue weighted by Crippen LogP contribution is -1.97. The van der Waals surface area contributed by atoms with Gasteiger partial charge >= 0.3 is 0 Å². The zero-order chi connectivity index (χ0) is 18.1. The maximum absolute atomic E-state index is 11.6. The molecule has 0 radical (unpaired) electrons. The van der Waals surface area contributed by atoms with Crippen molar-refractivity contribution >= 4 is 21.0 Å². The molecule has 2 heterocycles. The third kappa shape index (κ3) is 3.65. The fourth-order valence-corrected chi connectivity index (χ4v) is 4.39. The number of aromatic amines is 1. The molecule has 1 N–H and O–H groups in total. The average molecular weight is 369 g/mol. The number of nitrogens with zero attached hydrogens (tertiary/aromatic N) is 2. The van der Waals surface area contributed by atoms with Crippen LogP contribution in [0.1, 0.15) is 37.9 Å². The topological polar surface area (TPSA) is 75.7 Å². The molecule has 1 aliphatic carbocycles. The summed E-state index contributed by atoms with van der Waals surface area (Å²) in [7, 11) is -3.18. The first-order valence-corrected chi connectivity index (χ1v) is 11.0. The lowest BCUT2D eigenvalue weighted by molar-refractivity contribution is 0.498. The van der Waals surface area contributed by atoms with E-state index in [0.717, 1.165) is 40.5 Å². The molecular formula is C20H23N3O2S. The fraction of sp³-hybridized carbons (Fsp3) is 0.400. The fourth-order valence-electron chi connectivity index (χ4n) is 3.76. The van der Waals surface area contributed by atoms with Crippen molar-refractivity contribution in [3.8, 4) is 11.1 Å². The Hall–Kier alpha value is -2.21. The van der Waals surface area contributed by atoms with Crippen molar-refractivity contribution < 1.29 is 8.42 Å². The summed E-state index contributed by atoms with van der Waals surface area (Å²) in [5.41, 5.74) is 3.53. The van der Waals surface area contributed by atoms with Crippen molar-refractivity contribution in [1.29, 1.82) is 0 Å². The van der Waals surface area contributed by atoms with E-state index in [0.29, 0.717) is 4.90 Å². The maximum Gasteiger partial charge on any atom is 0.175 e. The highest BCUT2D eigenvalue weighted by atomic mass is 32.2. The minimum absolute atomic E-state index is 0.323. The standard InChI is InChI=1S/C20H23N3O2S/c1-26(24,25)17-9-7-15(8-10-17)16-12-18-20(21-13-16)23-19(22-18)11-6-14-4-2-3-5-14/h7-10,12-14H,2-6,11H2,1H3,(H,21,22,23). The number of H-pyrrole nitrogens is 1. The van der Waals surface area contributed by atoms with Gasteiger partial charge in [0.1, 0.15) is 11.3 Å². The molecule has 1 fully saturated rings. The number of aromatic nitrogens is 3. The molecule has 1 aliphatic rings. The third-order valence-corrected chi connectivity index (χ3v) is 6.39. The predicted octanol–water partition coefficient (Wildman–Crippen LogP) is 4.15. The first-order chi connectivity index (χ1) is 12.5. The molecule has 0 unspecified atom stereocenters. The second-order valence-corrected chi connectivity index (χ2v) is 9.28. The van der Waals surface area contributed by atoms with Crippen molar-refractivity contribution in [2.45, 2.75) is 43.4 Å². The van der Waals surface area contributed by atoms with Gasteiger partial charge in [-0.25, -0.2) is 18.4 Å². The largest absolute Gasteiger partial charge is 0.327 e. The molecule has 136 valence electrons. The molecule has 0 aliphatic heterocycles. The zero-order valence-electron chi connectivity index (χ0n) is 14.9. The lowest BCUT2D eigenvalue weighted by Gasteiger charge is -2.05. The van der Waals surface area contributed by atoms with E-state index in [1.54, 1.807) is 18.3 Å². The highest BCUT2D eigenvalue weighted by molar-refractivity contribution is 7.90. The Balaban J connectivity index is 1.55. The van der Waals surface area contributed by atoms with E-state index in [9.17, 15) is 8.42 Å². The SMILES string of the molecule is CS(=O)(=O)c1ccc(-c2cnc3[nH]c(CCC4CCCC4)nc3c2)cc1. The Morgan fingerprint density at radius 3 is 2.54 bits per heavy atom. The van der Waals surface area contributed by atoms with Crippen molar-refractivity contribution in [3.63, 3.8) is 0 Å². The van der Waals surface area contributed by atoms with E-state index >= 15 is 0 Å². The summed E-state index contributed by atoms with van der Waals surface area (Å²) in [6, 6.07) is 8.89. The Bertz CT molecular complexity index is 1020. The van der Waals surface area contributed by atoms with Crippen molar-refractivity contribution in [3.05, 3.63) is 42.4 Å². The molecule has 0 saturated heterocycles. The molecule has 0 bridgehead atoms. The number of nitrogens with one attached hydrogen (secondary N) is 1. The van der Waals surface area contributed by atoms with Crippen molar-refractivity contribution in [2.75, 3.05) is 6.26 Å². The highest BCUT2D eigenvalue weighted by Crippen LogP contribution is 2.29. The molecule has 4 rings (SSSR count). The monoisotopic (exact) mass is 369 g/mol. The van der Waals surface area contributed by atoms with Crippen LogP contribution in [0.5, 0.6) is 0 Å². The van der Waals surface area contributed by atoms with Crippen LogP contribution in [0.25, 0.3) is 22.3 Å². The second-order valence-electron chi connectivity index (χ2n) is 7.26. The van der Waals surface area contributed by atoms with E-state index in [1.807, 2.05) is 18.2 Å². The number of sulfone groups is 1. The van der Waals surface area contributed by atoms with Gasteiger partial charge in [-0.15, -0.1) is 0 Å². The van der Waals surface area contributed by atoms with Crippen LogP contribution >= 0.6 is 0 Å². The molecule has 2 aromatic heterocycles. The van der Waals surface area contributed by atoms with Gasteiger partial charge in [0.25, 0.3) is 0 Å². The van der Waals surface area contributed by atoms with Crippen LogP contribution in [-0.2, 0) is 16.3 Å². The summed E-state index contributed by atoms with van der Waals surface area (Å²) < 4.78 is 23.2. The van der Waals surface area contributed by atoms with Gasteiger partial charge in [0.2, 0.25) is 0 Å². The van der Waals surface area contributed by atoms with Gasteiger partial charge in [-0.05, 0) is 36.1 Å². The van der Waals surface area contributed by atoms with Crippen LogP contribution in [0.4, 0.5) is 0 Å². The third-order valence-electron chi connectivity index (χ3n) is 5.27. The van der Waals surface area contributed by atoms with Gasteiger partial charge in [0, 0.05) is 24.4 Å². The van der Waals surface area contributed by atoms with E-state index in [4.69, 9.17) is 4.98 Å². The minimum Gasteiger partial charge on any atom is -0.327 e. The zero-order valence-corrected chi connectivity index (χ0v) is 15.7. The van der Waals surface area contributed by atoms with Gasteiger partial charge in [-0.3, -0.25) is 0 Å². The number of imidazole rings is 1. The normalized spacial score (nSPS) is 15.7. The first kappa shape index (κ1) is 17.2. The summed E-state index contributed by atoms with van der Waals surface area (Å²) in [5, 5.41) is 0. The number of benzene rings is 1. The smallest absolute Gasteiger partial charge is 0.175 e. The summed E-state index contributed by atoms with van der Waals surface area (Å²) in [4.78, 5) is 12.8. The Morgan fingerprint density at radius 2 is 1.85 bits per heavy atom. The Morgan fingerprint density at radius 1 is 1.12 bits per heavy atom. The summed E-state index contributed by atoms with van der Waals surface area (Å²) in [6.45, 7) is 0. The highest BCUT2D eigenvalue weighted by Gasteiger charge is 2.16. The van der Waals surface area contributed by atoms with Crippen LogP contribution < -0.4 is 0 Å². The van der Waals surface area contributed by atoms with Gasteiger partial charge in [-0.1, -0.05) is 37.8 Å². The lowest BCUT2D eigenvalue weighted by atomic mass is 10.0. The van der Waals surface area contributed by atoms with Gasteiger partial charge in [0.05, 0.1) is 4.90 Å². The van der Waals surface area contributed by atoms with Crippen LogP contribution in [0.3, 0.4) is 0 Å². The van der Waals surface area contributed by atoms with Crippen LogP contribution in [0.2, 0.25) is 0 Å². The molecule has 0 amide bonds. The second kappa shape index (κ2) is 6.83. The quantitative estimate of drug-likeness (QED) is 0.733. The van der Waals surface area contributed by atoms with Crippen molar-refractivity contribution in [1.82, 2.24) is 15.0 Å². The van der Waals surface area contributed by atoms with Gasteiger partial charge in [0.15, 0.2) is 15.5 Å². The van der Waals surface area contributed by atoms with Crippen LogP contribution in [0, 0.1) is 5.92 Å². The Labute approximate surface area is 153 Å². The van der Waals surface area contributed by atoms with E-state index in [1.165, 1.54) is 38.4 Å². The number of aryl methyl sites for hydroxylation is 1. The van der Waals surface area contributed by atoms with E-state index in [2.05, 4.69) is 9.97 Å². The van der Waals surface area contributed by atoms with Gasteiger partial charge < -0.3 is 4.98 Å². The van der Waals surface area contributed by atoms with E-state index in [-0.39, 0.29) is 0 Å². The predicted molar refractivity (Wildman–Crippen MR) is 103 cm³/mol. The van der Waals surface area contributed by atoms with Crippen LogP contribution in [0.15, 0.2) is 41.4 Å². The average Bonchev–Trinajstić information content (AvgIpc) is 3.27. The molecule has 5 nitrogen and oxygen atoms in total. The molecule has 26 heavy (non-hydrogen) atoms. The summed E-state index contributed by atoms with van der Waals surface area (Å²) >= 11 is 0. The van der Waals surface area contributed by atoms with E-state index < -0.39 is 9.84 Å².